The van der Waals surface area contributed by atoms with Crippen LogP contribution in [-0.2, 0) is 9.53 Å². The highest BCUT2D eigenvalue weighted by Crippen LogP contribution is 2.34. The van der Waals surface area contributed by atoms with Crippen LogP contribution in [0.2, 0.25) is 0 Å². The third kappa shape index (κ3) is 2.29. The maximum Gasteiger partial charge on any atom is 0.236 e. The van der Waals surface area contributed by atoms with Gasteiger partial charge in [-0.2, -0.15) is 0 Å². The SMILES string of the molecule is NC(=NO)C1(C(=O)N2CCCCC2)CCOCC1. The lowest BCUT2D eigenvalue weighted by atomic mass is 9.77. The Balaban J connectivity index is 2.19. The fourth-order valence-electron chi connectivity index (χ4n) is 2.79. The summed E-state index contributed by atoms with van der Waals surface area (Å²) in [5, 5.41) is 12.0. The molecule has 0 aromatic rings. The molecule has 0 aromatic carbocycles. The van der Waals surface area contributed by atoms with Gasteiger partial charge in [0, 0.05) is 26.3 Å². The zero-order valence-electron chi connectivity index (χ0n) is 10.6. The van der Waals surface area contributed by atoms with Gasteiger partial charge < -0.3 is 20.6 Å². The molecule has 6 heteroatoms. The summed E-state index contributed by atoms with van der Waals surface area (Å²) < 4.78 is 5.29. The standard InChI is InChI=1S/C12H21N3O3/c13-10(14-17)12(4-8-18-9-5-12)11(16)15-6-2-1-3-7-15/h17H,1-9H2,(H2,13,14). The quantitative estimate of drug-likeness (QED) is 0.326. The monoisotopic (exact) mass is 255 g/mol. The molecule has 0 bridgehead atoms. The van der Waals surface area contributed by atoms with E-state index in [4.69, 9.17) is 15.7 Å². The number of amidine groups is 1. The van der Waals surface area contributed by atoms with Gasteiger partial charge in [-0.1, -0.05) is 5.16 Å². The Hall–Kier alpha value is -1.30. The minimum absolute atomic E-state index is 0.000741. The Morgan fingerprint density at radius 2 is 1.83 bits per heavy atom. The van der Waals surface area contributed by atoms with Crippen molar-refractivity contribution in [3.8, 4) is 0 Å². The van der Waals surface area contributed by atoms with E-state index in [1.54, 1.807) is 0 Å². The van der Waals surface area contributed by atoms with E-state index >= 15 is 0 Å². The normalized spacial score (nSPS) is 24.9. The lowest BCUT2D eigenvalue weighted by Crippen LogP contribution is -2.55. The highest BCUT2D eigenvalue weighted by molar-refractivity contribution is 6.06. The molecule has 2 saturated heterocycles. The summed E-state index contributed by atoms with van der Waals surface area (Å²) in [6.45, 7) is 2.52. The van der Waals surface area contributed by atoms with Crippen LogP contribution in [0.1, 0.15) is 32.1 Å². The van der Waals surface area contributed by atoms with Crippen LogP contribution in [0.15, 0.2) is 5.16 Å². The fraction of sp³-hybridized carbons (Fsp3) is 0.833. The molecule has 0 aliphatic carbocycles. The number of ether oxygens (including phenoxy) is 1. The minimum atomic E-state index is -0.857. The smallest absolute Gasteiger partial charge is 0.236 e. The molecular formula is C12H21N3O3. The second kappa shape index (κ2) is 5.56. The van der Waals surface area contributed by atoms with Crippen LogP contribution in [0, 0.1) is 5.41 Å². The molecule has 2 heterocycles. The number of piperidine rings is 1. The third-order valence-electron chi connectivity index (χ3n) is 4.00. The number of nitrogens with zero attached hydrogens (tertiary/aromatic N) is 2. The van der Waals surface area contributed by atoms with Crippen molar-refractivity contribution in [2.24, 2.45) is 16.3 Å². The molecule has 3 N–H and O–H groups in total. The average Bonchev–Trinajstić information content (AvgIpc) is 2.47. The van der Waals surface area contributed by atoms with Crippen molar-refractivity contribution in [2.75, 3.05) is 26.3 Å². The summed E-state index contributed by atoms with van der Waals surface area (Å²) in [6.07, 6.45) is 4.24. The predicted molar refractivity (Wildman–Crippen MR) is 66.3 cm³/mol. The Morgan fingerprint density at radius 1 is 1.22 bits per heavy atom. The van der Waals surface area contributed by atoms with Crippen LogP contribution in [0.5, 0.6) is 0 Å². The van der Waals surface area contributed by atoms with Gasteiger partial charge in [-0.3, -0.25) is 4.79 Å². The first-order valence-electron chi connectivity index (χ1n) is 6.56. The van der Waals surface area contributed by atoms with E-state index in [0.717, 1.165) is 25.9 Å². The molecule has 2 rings (SSSR count). The average molecular weight is 255 g/mol. The molecule has 6 nitrogen and oxygen atoms in total. The number of oxime groups is 1. The van der Waals surface area contributed by atoms with Crippen LogP contribution in [0.25, 0.3) is 0 Å². The summed E-state index contributed by atoms with van der Waals surface area (Å²) in [7, 11) is 0. The molecular weight excluding hydrogens is 234 g/mol. The number of rotatable bonds is 2. The van der Waals surface area contributed by atoms with E-state index in [2.05, 4.69) is 5.16 Å². The topological polar surface area (TPSA) is 88.2 Å². The first-order valence-corrected chi connectivity index (χ1v) is 6.56. The van der Waals surface area contributed by atoms with Crippen molar-refractivity contribution in [2.45, 2.75) is 32.1 Å². The number of amides is 1. The summed E-state index contributed by atoms with van der Waals surface area (Å²) in [5.41, 5.74) is 4.93. The predicted octanol–water partition coefficient (Wildman–Crippen LogP) is 0.542. The lowest BCUT2D eigenvalue weighted by molar-refractivity contribution is -0.143. The number of carbonyl (C=O) groups is 1. The van der Waals surface area contributed by atoms with E-state index in [-0.39, 0.29) is 11.7 Å². The Bertz CT molecular complexity index is 331. The number of nitrogens with two attached hydrogens (primary N) is 1. The van der Waals surface area contributed by atoms with Crippen LogP contribution in [0.3, 0.4) is 0 Å². The fourth-order valence-corrected chi connectivity index (χ4v) is 2.79. The van der Waals surface area contributed by atoms with Crippen molar-refractivity contribution in [3.63, 3.8) is 0 Å². The maximum atomic E-state index is 12.7. The van der Waals surface area contributed by atoms with Gasteiger partial charge in [0.2, 0.25) is 5.91 Å². The molecule has 18 heavy (non-hydrogen) atoms. The van der Waals surface area contributed by atoms with Gasteiger partial charge in [0.15, 0.2) is 5.84 Å². The molecule has 102 valence electrons. The Morgan fingerprint density at radius 3 is 2.39 bits per heavy atom. The first-order chi connectivity index (χ1) is 8.70. The maximum absolute atomic E-state index is 12.7. The Labute approximate surface area is 107 Å². The summed E-state index contributed by atoms with van der Waals surface area (Å²) in [4.78, 5) is 14.5. The van der Waals surface area contributed by atoms with Crippen LogP contribution < -0.4 is 5.73 Å². The Kier molecular flexibility index (Phi) is 4.06. The lowest BCUT2D eigenvalue weighted by Gasteiger charge is -2.39. The third-order valence-corrected chi connectivity index (χ3v) is 4.00. The second-order valence-corrected chi connectivity index (χ2v) is 5.03. The largest absolute Gasteiger partial charge is 0.409 e. The molecule has 1 amide bonds. The van der Waals surface area contributed by atoms with Gasteiger partial charge >= 0.3 is 0 Å². The highest BCUT2D eigenvalue weighted by Gasteiger charge is 2.46. The van der Waals surface area contributed by atoms with Gasteiger partial charge in [-0.15, -0.1) is 0 Å². The van der Waals surface area contributed by atoms with Crippen molar-refractivity contribution in [1.29, 1.82) is 0 Å². The summed E-state index contributed by atoms with van der Waals surface area (Å²) in [5.74, 6) is 0.0298. The van der Waals surface area contributed by atoms with Gasteiger partial charge in [0.05, 0.1) is 0 Å². The van der Waals surface area contributed by atoms with Crippen molar-refractivity contribution >= 4 is 11.7 Å². The zero-order valence-corrected chi connectivity index (χ0v) is 10.6. The number of likely N-dealkylation sites (tertiary alicyclic amines) is 1. The highest BCUT2D eigenvalue weighted by atomic mass is 16.5. The summed E-state index contributed by atoms with van der Waals surface area (Å²) in [6, 6.07) is 0. The van der Waals surface area contributed by atoms with E-state index in [1.807, 2.05) is 4.90 Å². The van der Waals surface area contributed by atoms with E-state index in [1.165, 1.54) is 6.42 Å². The van der Waals surface area contributed by atoms with Gasteiger partial charge in [0.25, 0.3) is 0 Å². The molecule has 2 aliphatic rings. The van der Waals surface area contributed by atoms with Crippen LogP contribution in [0.4, 0.5) is 0 Å². The molecule has 0 unspecified atom stereocenters. The second-order valence-electron chi connectivity index (χ2n) is 5.03. The number of carbonyl (C=O) groups excluding carboxylic acids is 1. The molecule has 0 saturated carbocycles. The van der Waals surface area contributed by atoms with Crippen LogP contribution in [-0.4, -0.2) is 48.2 Å². The van der Waals surface area contributed by atoms with Crippen LogP contribution >= 0.6 is 0 Å². The van der Waals surface area contributed by atoms with E-state index < -0.39 is 5.41 Å². The van der Waals surface area contributed by atoms with Gasteiger partial charge in [-0.25, -0.2) is 0 Å². The van der Waals surface area contributed by atoms with E-state index in [0.29, 0.717) is 26.1 Å². The summed E-state index contributed by atoms with van der Waals surface area (Å²) >= 11 is 0. The molecule has 0 spiro atoms. The van der Waals surface area contributed by atoms with Gasteiger partial charge in [-0.05, 0) is 32.1 Å². The van der Waals surface area contributed by atoms with Gasteiger partial charge in [0.1, 0.15) is 5.41 Å². The van der Waals surface area contributed by atoms with Crippen molar-refractivity contribution in [1.82, 2.24) is 4.90 Å². The molecule has 0 atom stereocenters. The number of hydrogen-bond donors (Lipinski definition) is 2. The molecule has 2 aliphatic heterocycles. The number of hydrogen-bond acceptors (Lipinski definition) is 4. The van der Waals surface area contributed by atoms with Crippen molar-refractivity contribution < 1.29 is 14.7 Å². The first kappa shape index (κ1) is 13.1. The van der Waals surface area contributed by atoms with E-state index in [9.17, 15) is 4.79 Å². The zero-order chi connectivity index (χ0) is 13.0. The van der Waals surface area contributed by atoms with Crippen molar-refractivity contribution in [3.05, 3.63) is 0 Å². The molecule has 0 radical (unpaired) electrons. The minimum Gasteiger partial charge on any atom is -0.409 e. The molecule has 0 aromatic heterocycles. The molecule has 2 fully saturated rings.